The van der Waals surface area contributed by atoms with Crippen LogP contribution in [0, 0.1) is 24.4 Å². The van der Waals surface area contributed by atoms with Gasteiger partial charge >= 0.3 is 0 Å². The molecule has 6 heteroatoms. The van der Waals surface area contributed by atoms with Crippen LogP contribution >= 0.6 is 0 Å². The van der Waals surface area contributed by atoms with Crippen molar-refractivity contribution in [2.24, 2.45) is 5.41 Å². The first-order valence-corrected chi connectivity index (χ1v) is 25.1. The Labute approximate surface area is 396 Å². The summed E-state index contributed by atoms with van der Waals surface area (Å²) in [6, 6.07) is 49.3. The van der Waals surface area contributed by atoms with Gasteiger partial charge in [0.25, 0.3) is 0 Å². The molecule has 0 saturated heterocycles. The fraction of sp³-hybridized carbons (Fsp3) is 0.263. The predicted molar refractivity (Wildman–Crippen MR) is 266 cm³/mol. The first-order valence-electron chi connectivity index (χ1n) is 24.1. The molecule has 6 aromatic carbocycles. The summed E-state index contributed by atoms with van der Waals surface area (Å²) in [5, 5.41) is 3.19. The van der Waals surface area contributed by atoms with Gasteiger partial charge in [0.05, 0.1) is 30.5 Å². The molecule has 0 aliphatic heterocycles. The van der Waals surface area contributed by atoms with Gasteiger partial charge in [-0.15, -0.1) is 59.2 Å². The molecule has 0 atom stereocenters. The van der Waals surface area contributed by atoms with Gasteiger partial charge in [0.15, 0.2) is 0 Å². The maximum Gasteiger partial charge on any atom is 0.120 e. The van der Waals surface area contributed by atoms with Crippen LogP contribution in [0.25, 0.3) is 72.4 Å². The smallest absolute Gasteiger partial charge is 0.120 e. The van der Waals surface area contributed by atoms with E-state index < -0.39 is 26.7 Å². The number of hydrogen-bond acceptors (Lipinski definition) is 3. The van der Waals surface area contributed by atoms with Gasteiger partial charge in [-0.2, -0.15) is 0 Å². The molecule has 0 saturated carbocycles. The van der Waals surface area contributed by atoms with E-state index in [1.807, 2.05) is 45.0 Å². The van der Waals surface area contributed by atoms with Gasteiger partial charge in [-0.05, 0) is 87.1 Å². The van der Waals surface area contributed by atoms with Gasteiger partial charge < -0.3 is 14.0 Å². The third-order valence-electron chi connectivity index (χ3n) is 11.2. The van der Waals surface area contributed by atoms with Gasteiger partial charge in [0.2, 0.25) is 0 Å². The molecule has 0 amide bonds. The molecule has 1 radical (unpaired) electrons. The van der Waals surface area contributed by atoms with Gasteiger partial charge in [-0.1, -0.05) is 153 Å². The first-order chi connectivity index (χ1) is 31.5. The molecule has 0 spiro atoms. The summed E-state index contributed by atoms with van der Waals surface area (Å²) in [6.07, 6.45) is 0.269. The first kappa shape index (κ1) is 39.2. The number of hydrogen-bond donors (Lipinski definition) is 0. The number of rotatable bonds is 8. The number of furan rings is 1. The number of benzene rings is 6. The second kappa shape index (κ2) is 18.4. The molecule has 0 aliphatic carbocycles. The molecule has 9 rings (SSSR count). The van der Waals surface area contributed by atoms with Crippen LogP contribution in [0.15, 0.2) is 138 Å². The van der Waals surface area contributed by atoms with Crippen molar-refractivity contribution in [1.29, 1.82) is 0 Å². The third-order valence-corrected chi connectivity index (χ3v) is 13.2. The molecule has 0 aliphatic rings. The molecule has 0 fully saturated rings. The molecule has 0 bridgehead atoms. The number of nitrogens with zero attached hydrogens (tertiary/aromatic N) is 3. The Hall–Kier alpha value is -5.39. The SMILES string of the molecule is CC(C)c1cc(-c2ccccc2)cc(C(C)C)c1-n1c(-c2[c-]cc3oc4ccccc4c3c2)nc2ccccc21.[2H]C([2H])([2H])c1c[c-]c(-c2cc(C([2H])([2H])C(C)(C)C)c([Si](C)(C)C)cn2)cc1.[Ir]. The van der Waals surface area contributed by atoms with E-state index in [1.54, 1.807) is 18.3 Å². The van der Waals surface area contributed by atoms with Crippen LogP contribution in [0.3, 0.4) is 0 Å². The fourth-order valence-corrected chi connectivity index (χ4v) is 9.53. The average Bonchev–Trinajstić information content (AvgIpc) is 3.86. The zero-order valence-electron chi connectivity index (χ0n) is 42.9. The summed E-state index contributed by atoms with van der Waals surface area (Å²) in [4.78, 5) is 9.77. The standard InChI is InChI=1S/C37H31N2O.C20H28NSi.Ir/c1-23(2)29-21-27(25-12-6-5-7-13-25)22-30(24(3)4)36(29)39-33-16-10-9-15-32(33)38-37(39)26-18-19-35-31(20-26)28-14-8-11-17-34(28)40-35;1-15-8-10-16(11-9-15)18-12-17(13-20(2,3)4)19(14-21-18)22(5,6)7;/h5-17,19-24H,1-4H3;8-10,12,14H,13H2,1-7H3;/q2*-1;/i;1D3,13D2;. The second-order valence-electron chi connectivity index (χ2n) is 18.9. The van der Waals surface area contributed by atoms with Crippen LogP contribution in [-0.2, 0) is 26.5 Å². The van der Waals surface area contributed by atoms with E-state index in [4.69, 9.17) is 16.3 Å². The van der Waals surface area contributed by atoms with Crippen LogP contribution in [0.4, 0.5) is 0 Å². The van der Waals surface area contributed by atoms with E-state index >= 15 is 0 Å². The van der Waals surface area contributed by atoms with Crippen molar-refractivity contribution in [3.63, 3.8) is 0 Å². The van der Waals surface area contributed by atoms with E-state index in [0.29, 0.717) is 28.7 Å². The van der Waals surface area contributed by atoms with Crippen molar-refractivity contribution in [3.05, 3.63) is 168 Å². The minimum Gasteiger partial charge on any atom is -0.500 e. The fourth-order valence-electron chi connectivity index (χ4n) is 8.14. The number of imidazole rings is 1. The maximum absolute atomic E-state index is 8.79. The number of para-hydroxylation sites is 3. The topological polar surface area (TPSA) is 43.9 Å². The van der Waals surface area contributed by atoms with Crippen molar-refractivity contribution in [3.8, 4) is 39.5 Å². The van der Waals surface area contributed by atoms with Crippen molar-refractivity contribution in [2.45, 2.75) is 93.2 Å². The molecule has 9 aromatic rings. The minimum atomic E-state index is -2.17. The predicted octanol–water partition coefficient (Wildman–Crippen LogP) is 15.3. The second-order valence-corrected chi connectivity index (χ2v) is 23.9. The normalized spacial score (nSPS) is 13.6. The summed E-state index contributed by atoms with van der Waals surface area (Å²) < 4.78 is 48.5. The molecule has 3 heterocycles. The Balaban J connectivity index is 0.000000215. The minimum absolute atomic E-state index is 0. The molecular weight excluding hydrogens is 963 g/mol. The van der Waals surface area contributed by atoms with E-state index in [1.165, 1.54) is 34.0 Å². The average molecular weight is 1030 g/mol. The molecule has 3 aromatic heterocycles. The van der Waals surface area contributed by atoms with Crippen molar-refractivity contribution < 1.29 is 31.4 Å². The van der Waals surface area contributed by atoms with E-state index in [-0.39, 0.29) is 25.7 Å². The largest absolute Gasteiger partial charge is 0.500 e. The third kappa shape index (κ3) is 9.75. The molecular formula is C57H59IrN3OSi-2. The Morgan fingerprint density at radius 2 is 1.40 bits per heavy atom. The Morgan fingerprint density at radius 3 is 2.05 bits per heavy atom. The molecule has 0 N–H and O–H groups in total. The summed E-state index contributed by atoms with van der Waals surface area (Å²) >= 11 is 0. The van der Waals surface area contributed by atoms with Crippen molar-refractivity contribution in [1.82, 2.24) is 14.5 Å². The number of aromatic nitrogens is 3. The van der Waals surface area contributed by atoms with Crippen LogP contribution in [-0.4, -0.2) is 22.6 Å². The van der Waals surface area contributed by atoms with Crippen LogP contribution in [0.5, 0.6) is 0 Å². The zero-order chi connectivity index (χ0) is 48.2. The molecule has 63 heavy (non-hydrogen) atoms. The summed E-state index contributed by atoms with van der Waals surface area (Å²) in [5.41, 5.74) is 12.7. The number of aryl methyl sites for hydroxylation is 1. The summed E-state index contributed by atoms with van der Waals surface area (Å²) in [6.45, 7) is 19.2. The Bertz CT molecular complexity index is 3200. The molecule has 4 nitrogen and oxygen atoms in total. The Morgan fingerprint density at radius 1 is 0.730 bits per heavy atom. The van der Waals surface area contributed by atoms with Gasteiger partial charge in [-0.3, -0.25) is 4.98 Å². The zero-order valence-corrected chi connectivity index (χ0v) is 41.3. The van der Waals surface area contributed by atoms with Gasteiger partial charge in [0, 0.05) is 44.2 Å². The molecule has 0 unspecified atom stereocenters. The summed E-state index contributed by atoms with van der Waals surface area (Å²) in [7, 11) is -1.81. The monoisotopic (exact) mass is 1030 g/mol. The van der Waals surface area contributed by atoms with Crippen LogP contribution in [0.2, 0.25) is 19.6 Å². The number of pyridine rings is 1. The van der Waals surface area contributed by atoms with Crippen LogP contribution in [0.1, 0.15) is 89.4 Å². The van der Waals surface area contributed by atoms with Crippen molar-refractivity contribution >= 4 is 46.2 Å². The number of fused-ring (bicyclic) bond motifs is 4. The van der Waals surface area contributed by atoms with Gasteiger partial charge in [0.1, 0.15) is 5.58 Å². The van der Waals surface area contributed by atoms with Gasteiger partial charge in [-0.25, -0.2) is 0 Å². The van der Waals surface area contributed by atoms with E-state index in [9.17, 15) is 0 Å². The van der Waals surface area contributed by atoms with Crippen molar-refractivity contribution in [2.75, 3.05) is 0 Å². The Kier molecular flexibility index (Phi) is 11.4. The maximum atomic E-state index is 8.79. The summed E-state index contributed by atoms with van der Waals surface area (Å²) in [5.74, 6) is 1.52. The van der Waals surface area contributed by atoms with E-state index in [2.05, 4.69) is 154 Å². The quantitative estimate of drug-likeness (QED) is 0.113. The van der Waals surface area contributed by atoms with Crippen LogP contribution < -0.4 is 5.19 Å². The molecule has 323 valence electrons. The van der Waals surface area contributed by atoms with E-state index in [0.717, 1.165) is 49.5 Å².